The number of carbonyl (C=O) groups excluding carboxylic acids is 1. The minimum Gasteiger partial charge on any atom is -0.462 e. The van der Waals surface area contributed by atoms with Crippen molar-refractivity contribution in [3.05, 3.63) is 11.6 Å². The Labute approximate surface area is 77.4 Å². The average Bonchev–Trinajstić information content (AvgIpc) is 2.01. The Balaban J connectivity index is 2.60. The number of hydrogen-bond acceptors (Lipinski definition) is 3. The number of aliphatic hydroxyl groups excluding tert-OH is 1. The smallest absolute Gasteiger partial charge is 0.302 e. The largest absolute Gasteiger partial charge is 0.462 e. The van der Waals surface area contributed by atoms with E-state index in [1.807, 2.05) is 0 Å². The van der Waals surface area contributed by atoms with Crippen molar-refractivity contribution in [2.45, 2.75) is 32.0 Å². The van der Waals surface area contributed by atoms with Crippen molar-refractivity contribution in [3.8, 4) is 12.3 Å². The van der Waals surface area contributed by atoms with Crippen molar-refractivity contribution in [3.63, 3.8) is 0 Å². The lowest BCUT2D eigenvalue weighted by molar-refractivity contribution is -0.147. The molecule has 0 radical (unpaired) electrons. The quantitative estimate of drug-likeness (QED) is 0.475. The predicted molar refractivity (Wildman–Crippen MR) is 47.7 cm³/mol. The van der Waals surface area contributed by atoms with Gasteiger partial charge in [0, 0.05) is 25.3 Å². The molecule has 1 aliphatic rings. The van der Waals surface area contributed by atoms with Crippen LogP contribution in [0.25, 0.3) is 0 Å². The van der Waals surface area contributed by atoms with Gasteiger partial charge in [-0.05, 0) is 6.08 Å². The molecule has 0 aromatic rings. The highest BCUT2D eigenvalue weighted by Gasteiger charge is 2.22. The van der Waals surface area contributed by atoms with E-state index in [4.69, 9.17) is 11.2 Å². The molecule has 0 unspecified atom stereocenters. The van der Waals surface area contributed by atoms with E-state index in [0.29, 0.717) is 18.4 Å². The second-order valence-electron chi connectivity index (χ2n) is 3.07. The zero-order chi connectivity index (χ0) is 9.84. The van der Waals surface area contributed by atoms with Gasteiger partial charge in [-0.25, -0.2) is 0 Å². The Kier molecular flexibility index (Phi) is 3.10. The van der Waals surface area contributed by atoms with Gasteiger partial charge in [0.2, 0.25) is 0 Å². The number of aliphatic hydroxyl groups is 1. The van der Waals surface area contributed by atoms with Crippen LogP contribution in [0.15, 0.2) is 11.6 Å². The molecule has 0 amide bonds. The average molecular weight is 180 g/mol. The van der Waals surface area contributed by atoms with Crippen LogP contribution in [-0.2, 0) is 9.53 Å². The molecule has 1 rings (SSSR count). The number of ether oxygens (including phenoxy) is 1. The van der Waals surface area contributed by atoms with Gasteiger partial charge in [-0.2, -0.15) is 0 Å². The van der Waals surface area contributed by atoms with Crippen LogP contribution in [0, 0.1) is 12.3 Å². The summed E-state index contributed by atoms with van der Waals surface area (Å²) >= 11 is 0. The topological polar surface area (TPSA) is 46.5 Å². The minimum absolute atomic E-state index is 0.274. The van der Waals surface area contributed by atoms with Crippen molar-refractivity contribution in [1.82, 2.24) is 0 Å². The molecule has 1 aliphatic carbocycles. The lowest BCUT2D eigenvalue weighted by atomic mass is 9.95. The molecule has 1 N–H and O–H groups in total. The van der Waals surface area contributed by atoms with Gasteiger partial charge in [-0.3, -0.25) is 4.79 Å². The maximum absolute atomic E-state index is 10.6. The van der Waals surface area contributed by atoms with Crippen LogP contribution in [0.5, 0.6) is 0 Å². The van der Waals surface area contributed by atoms with Crippen molar-refractivity contribution in [2.75, 3.05) is 0 Å². The van der Waals surface area contributed by atoms with Crippen molar-refractivity contribution in [2.24, 2.45) is 0 Å². The van der Waals surface area contributed by atoms with Gasteiger partial charge in [0.1, 0.15) is 6.10 Å². The summed E-state index contributed by atoms with van der Waals surface area (Å²) < 4.78 is 4.96. The minimum atomic E-state index is -0.593. The van der Waals surface area contributed by atoms with Gasteiger partial charge < -0.3 is 9.84 Å². The van der Waals surface area contributed by atoms with Crippen LogP contribution in [0.3, 0.4) is 0 Å². The molecule has 0 heterocycles. The highest BCUT2D eigenvalue weighted by atomic mass is 16.5. The van der Waals surface area contributed by atoms with Gasteiger partial charge in [0.05, 0.1) is 6.10 Å². The molecule has 13 heavy (non-hydrogen) atoms. The molecule has 3 heteroatoms. The molecule has 0 bridgehead atoms. The van der Waals surface area contributed by atoms with Crippen LogP contribution >= 0.6 is 0 Å². The molecule has 0 aliphatic heterocycles. The van der Waals surface area contributed by atoms with E-state index in [1.54, 1.807) is 6.08 Å². The molecule has 0 fully saturated rings. The maximum atomic E-state index is 10.6. The molecular weight excluding hydrogens is 168 g/mol. The number of esters is 1. The predicted octanol–water partition coefficient (Wildman–Crippen LogP) is 0.632. The summed E-state index contributed by atoms with van der Waals surface area (Å²) in [5.41, 5.74) is 0.699. The molecule has 0 saturated carbocycles. The van der Waals surface area contributed by atoms with Crippen LogP contribution < -0.4 is 0 Å². The van der Waals surface area contributed by atoms with E-state index in [1.165, 1.54) is 6.92 Å². The standard InChI is InChI=1S/C10H12O3/c1-3-8-4-9(12)6-10(5-8)13-7(2)11/h1,4,9-10,12H,5-6H2,2H3/t9-,10-/m0/s1. The zero-order valence-electron chi connectivity index (χ0n) is 7.49. The maximum Gasteiger partial charge on any atom is 0.302 e. The van der Waals surface area contributed by atoms with E-state index in [9.17, 15) is 9.90 Å². The van der Waals surface area contributed by atoms with E-state index >= 15 is 0 Å². The molecule has 0 saturated heterocycles. The van der Waals surface area contributed by atoms with Crippen LogP contribution in [0.4, 0.5) is 0 Å². The molecule has 2 atom stereocenters. The lowest BCUT2D eigenvalue weighted by Gasteiger charge is -2.23. The third-order valence-electron chi connectivity index (χ3n) is 1.86. The first-order valence-corrected chi connectivity index (χ1v) is 4.14. The summed E-state index contributed by atoms with van der Waals surface area (Å²) in [7, 11) is 0. The SMILES string of the molecule is C#CC1=C[C@H](O)C[C@@H](OC(C)=O)C1. The number of carbonyl (C=O) groups is 1. The van der Waals surface area contributed by atoms with E-state index in [2.05, 4.69) is 5.92 Å². The van der Waals surface area contributed by atoms with E-state index in [0.717, 1.165) is 0 Å². The molecule has 0 aromatic heterocycles. The fraction of sp³-hybridized carbons (Fsp3) is 0.500. The van der Waals surface area contributed by atoms with Crippen molar-refractivity contribution >= 4 is 5.97 Å². The molecule has 0 spiro atoms. The van der Waals surface area contributed by atoms with Crippen LogP contribution in [0.2, 0.25) is 0 Å². The summed E-state index contributed by atoms with van der Waals surface area (Å²) in [5.74, 6) is 2.11. The Morgan fingerprint density at radius 2 is 2.54 bits per heavy atom. The molecular formula is C10H12O3. The summed E-state index contributed by atoms with van der Waals surface area (Å²) in [6, 6.07) is 0. The van der Waals surface area contributed by atoms with Gasteiger partial charge in [0.15, 0.2) is 0 Å². The first-order chi connectivity index (χ1) is 6.11. The fourth-order valence-electron chi connectivity index (χ4n) is 1.40. The Hall–Kier alpha value is -1.27. The Bertz CT molecular complexity index is 272. The monoisotopic (exact) mass is 180 g/mol. The van der Waals surface area contributed by atoms with Crippen LogP contribution in [0.1, 0.15) is 19.8 Å². The first-order valence-electron chi connectivity index (χ1n) is 4.14. The third kappa shape index (κ3) is 2.92. The third-order valence-corrected chi connectivity index (χ3v) is 1.86. The molecule has 70 valence electrons. The first kappa shape index (κ1) is 9.82. The highest BCUT2D eigenvalue weighted by molar-refractivity contribution is 5.66. The van der Waals surface area contributed by atoms with E-state index in [-0.39, 0.29) is 12.1 Å². The van der Waals surface area contributed by atoms with Crippen molar-refractivity contribution in [1.29, 1.82) is 0 Å². The zero-order valence-corrected chi connectivity index (χ0v) is 7.49. The second kappa shape index (κ2) is 4.11. The Morgan fingerprint density at radius 1 is 1.85 bits per heavy atom. The molecule has 3 nitrogen and oxygen atoms in total. The summed E-state index contributed by atoms with van der Waals surface area (Å²) in [4.78, 5) is 10.6. The number of terminal acetylenes is 1. The van der Waals surface area contributed by atoms with Gasteiger partial charge in [-0.1, -0.05) is 5.92 Å². The van der Waals surface area contributed by atoms with Gasteiger partial charge in [-0.15, -0.1) is 6.42 Å². The van der Waals surface area contributed by atoms with Gasteiger partial charge in [0.25, 0.3) is 0 Å². The number of hydrogen-bond donors (Lipinski definition) is 1. The summed E-state index contributed by atoms with van der Waals surface area (Å²) in [6.07, 6.45) is 6.92. The van der Waals surface area contributed by atoms with Crippen LogP contribution in [-0.4, -0.2) is 23.3 Å². The summed E-state index contributed by atoms with van der Waals surface area (Å²) in [5, 5.41) is 9.33. The van der Waals surface area contributed by atoms with Crippen molar-refractivity contribution < 1.29 is 14.6 Å². The lowest BCUT2D eigenvalue weighted by Crippen LogP contribution is -2.26. The summed E-state index contributed by atoms with van der Waals surface area (Å²) in [6.45, 7) is 1.35. The Morgan fingerprint density at radius 3 is 3.08 bits per heavy atom. The molecule has 0 aromatic carbocycles. The second-order valence-corrected chi connectivity index (χ2v) is 3.07. The number of rotatable bonds is 1. The highest BCUT2D eigenvalue weighted by Crippen LogP contribution is 2.20. The van der Waals surface area contributed by atoms with E-state index < -0.39 is 6.10 Å². The van der Waals surface area contributed by atoms with Gasteiger partial charge >= 0.3 is 5.97 Å². The fourth-order valence-corrected chi connectivity index (χ4v) is 1.40. The normalized spacial score (nSPS) is 27.3.